The third-order valence-electron chi connectivity index (χ3n) is 4.38. The molecule has 0 bridgehead atoms. The maximum Gasteiger partial charge on any atom is 0.341 e. The number of carbonyl (C=O) groups excluding carboxylic acids is 2. The molecule has 1 aliphatic carbocycles. The van der Waals surface area contributed by atoms with E-state index in [0.29, 0.717) is 10.0 Å². The van der Waals surface area contributed by atoms with E-state index in [2.05, 4.69) is 16.4 Å². The number of nitriles is 1. The fraction of sp³-hybridized carbons (Fsp3) is 0.300. The first kappa shape index (κ1) is 20.2. The minimum atomic E-state index is -0.923. The van der Waals surface area contributed by atoms with E-state index in [1.807, 2.05) is 12.1 Å². The van der Waals surface area contributed by atoms with Gasteiger partial charge in [-0.1, -0.05) is 23.4 Å². The lowest BCUT2D eigenvalue weighted by molar-refractivity contribution is -0.125. The molecular weight excluding hydrogens is 398 g/mol. The lowest BCUT2D eigenvalue weighted by Gasteiger charge is -2.22. The van der Waals surface area contributed by atoms with Crippen molar-refractivity contribution in [3.63, 3.8) is 0 Å². The summed E-state index contributed by atoms with van der Waals surface area (Å²) < 4.78 is 5.14. The first-order chi connectivity index (χ1) is 13.4. The monoisotopic (exact) mass is 415 g/mol. The summed E-state index contributed by atoms with van der Waals surface area (Å²) in [5.41, 5.74) is -0.659. The Bertz CT molecular complexity index is 925. The van der Waals surface area contributed by atoms with E-state index in [4.69, 9.17) is 16.3 Å². The molecule has 0 saturated heterocycles. The number of benzene rings is 1. The van der Waals surface area contributed by atoms with Gasteiger partial charge in [0.05, 0.1) is 11.6 Å². The van der Waals surface area contributed by atoms with Crippen LogP contribution < -0.4 is 5.32 Å². The molecule has 3 rings (SSSR count). The highest BCUT2D eigenvalue weighted by atomic mass is 35.5. The molecule has 2 aromatic rings. The van der Waals surface area contributed by atoms with Crippen LogP contribution in [0.3, 0.4) is 0 Å². The Kier molecular flexibility index (Phi) is 6.22. The van der Waals surface area contributed by atoms with Crippen LogP contribution in [-0.2, 0) is 9.53 Å². The van der Waals surface area contributed by atoms with Crippen molar-refractivity contribution in [2.45, 2.75) is 35.2 Å². The predicted molar refractivity (Wildman–Crippen MR) is 105 cm³/mol. The van der Waals surface area contributed by atoms with Gasteiger partial charge in [-0.05, 0) is 62.1 Å². The smallest absolute Gasteiger partial charge is 0.341 e. The van der Waals surface area contributed by atoms with Gasteiger partial charge in [-0.15, -0.1) is 0 Å². The van der Waals surface area contributed by atoms with Crippen molar-refractivity contribution < 1.29 is 14.3 Å². The number of hydrogen-bond acceptors (Lipinski definition) is 6. The number of nitrogens with one attached hydrogen (secondary N) is 1. The third-order valence-corrected chi connectivity index (χ3v) is 5.66. The molecule has 1 amide bonds. The van der Waals surface area contributed by atoms with Crippen molar-refractivity contribution in [2.75, 3.05) is 6.61 Å². The molecule has 1 saturated carbocycles. The van der Waals surface area contributed by atoms with Crippen LogP contribution in [0.2, 0.25) is 5.02 Å². The number of ether oxygens (including phenoxy) is 1. The molecule has 0 unspecified atom stereocenters. The topological polar surface area (TPSA) is 92.1 Å². The fourth-order valence-electron chi connectivity index (χ4n) is 2.66. The quantitative estimate of drug-likeness (QED) is 0.690. The van der Waals surface area contributed by atoms with Crippen molar-refractivity contribution >= 4 is 35.2 Å². The maximum atomic E-state index is 12.5. The third kappa shape index (κ3) is 5.03. The van der Waals surface area contributed by atoms with Crippen molar-refractivity contribution in [1.82, 2.24) is 10.3 Å². The number of carbonyl (C=O) groups is 2. The molecule has 6 nitrogen and oxygen atoms in total. The van der Waals surface area contributed by atoms with Gasteiger partial charge in [-0.25, -0.2) is 9.78 Å². The number of halogens is 1. The molecule has 8 heteroatoms. The predicted octanol–water partition coefficient (Wildman–Crippen LogP) is 3.85. The summed E-state index contributed by atoms with van der Waals surface area (Å²) in [6.07, 6.45) is 3.39. The van der Waals surface area contributed by atoms with Gasteiger partial charge < -0.3 is 10.1 Å². The summed E-state index contributed by atoms with van der Waals surface area (Å²) in [7, 11) is 0. The van der Waals surface area contributed by atoms with Crippen molar-refractivity contribution in [2.24, 2.45) is 5.92 Å². The average Bonchev–Trinajstić information content (AvgIpc) is 3.54. The van der Waals surface area contributed by atoms with Crippen LogP contribution in [-0.4, -0.2) is 29.0 Å². The van der Waals surface area contributed by atoms with Crippen LogP contribution in [0.4, 0.5) is 0 Å². The SMILES string of the molecule is C[C@](C#N)(NC(=O)COC(=O)c1cccnc1Sc1ccc(Cl)cc1)C1CC1. The first-order valence-corrected chi connectivity index (χ1v) is 9.88. The average molecular weight is 416 g/mol. The van der Waals surface area contributed by atoms with E-state index >= 15 is 0 Å². The molecule has 1 aromatic heterocycles. The first-order valence-electron chi connectivity index (χ1n) is 8.69. The summed E-state index contributed by atoms with van der Waals surface area (Å²) >= 11 is 7.19. The van der Waals surface area contributed by atoms with E-state index < -0.39 is 24.0 Å². The van der Waals surface area contributed by atoms with Crippen LogP contribution in [0.15, 0.2) is 52.5 Å². The Labute approximate surface area is 172 Å². The summed E-state index contributed by atoms with van der Waals surface area (Å²) in [6, 6.07) is 12.5. The van der Waals surface area contributed by atoms with Gasteiger partial charge in [-0.3, -0.25) is 4.79 Å². The highest BCUT2D eigenvalue weighted by Crippen LogP contribution is 2.39. The number of pyridine rings is 1. The Morgan fingerprint density at radius 2 is 2.07 bits per heavy atom. The Morgan fingerprint density at radius 1 is 1.36 bits per heavy atom. The largest absolute Gasteiger partial charge is 0.452 e. The van der Waals surface area contributed by atoms with Crippen molar-refractivity contribution in [3.8, 4) is 6.07 Å². The normalized spacial score (nSPS) is 15.2. The van der Waals surface area contributed by atoms with Gasteiger partial charge in [0.25, 0.3) is 5.91 Å². The summed E-state index contributed by atoms with van der Waals surface area (Å²) in [5.74, 6) is -0.997. The van der Waals surface area contributed by atoms with Gasteiger partial charge in [-0.2, -0.15) is 5.26 Å². The molecule has 1 atom stereocenters. The van der Waals surface area contributed by atoms with Crippen LogP contribution in [0, 0.1) is 17.2 Å². The Hall–Kier alpha value is -2.56. The summed E-state index contributed by atoms with van der Waals surface area (Å²) in [4.78, 5) is 29.7. The van der Waals surface area contributed by atoms with Crippen molar-refractivity contribution in [3.05, 3.63) is 53.2 Å². The van der Waals surface area contributed by atoms with Crippen molar-refractivity contribution in [1.29, 1.82) is 5.26 Å². The molecule has 1 fully saturated rings. The second-order valence-electron chi connectivity index (χ2n) is 6.62. The van der Waals surface area contributed by atoms with E-state index in [0.717, 1.165) is 17.7 Å². The van der Waals surface area contributed by atoms with E-state index in [1.165, 1.54) is 11.8 Å². The number of esters is 1. The van der Waals surface area contributed by atoms with Gasteiger partial charge in [0.2, 0.25) is 0 Å². The van der Waals surface area contributed by atoms with E-state index in [9.17, 15) is 14.9 Å². The molecule has 1 aromatic carbocycles. The second-order valence-corrected chi connectivity index (χ2v) is 8.12. The van der Waals surface area contributed by atoms with E-state index in [1.54, 1.807) is 37.4 Å². The van der Waals surface area contributed by atoms with Crippen LogP contribution in [0.1, 0.15) is 30.1 Å². The standard InChI is InChI=1S/C20H18ClN3O3S/c1-20(12-22,13-4-5-13)24-17(25)11-27-19(26)16-3-2-10-23-18(16)28-15-8-6-14(21)7-9-15/h2-3,6-10,13H,4-5,11H2,1H3,(H,24,25)/t20-/m1/s1. The van der Waals surface area contributed by atoms with Gasteiger partial charge in [0.15, 0.2) is 6.61 Å². The summed E-state index contributed by atoms with van der Waals surface area (Å²) in [5, 5.41) is 13.0. The number of hydrogen-bond donors (Lipinski definition) is 1. The number of amides is 1. The highest BCUT2D eigenvalue weighted by molar-refractivity contribution is 7.99. The zero-order valence-electron chi connectivity index (χ0n) is 15.1. The number of rotatable bonds is 7. The number of nitrogens with zero attached hydrogens (tertiary/aromatic N) is 2. The van der Waals surface area contributed by atoms with Gasteiger partial charge >= 0.3 is 5.97 Å². The maximum absolute atomic E-state index is 12.5. The zero-order chi connectivity index (χ0) is 20.1. The van der Waals surface area contributed by atoms with Crippen LogP contribution in [0.5, 0.6) is 0 Å². The van der Waals surface area contributed by atoms with E-state index in [-0.39, 0.29) is 11.5 Å². The molecule has 0 radical (unpaired) electrons. The highest BCUT2D eigenvalue weighted by Gasteiger charge is 2.43. The molecule has 0 spiro atoms. The fourth-order valence-corrected chi connectivity index (χ4v) is 3.65. The Balaban J connectivity index is 1.62. The van der Waals surface area contributed by atoms with Gasteiger partial charge in [0.1, 0.15) is 10.6 Å². The Morgan fingerprint density at radius 3 is 2.71 bits per heavy atom. The minimum absolute atomic E-state index is 0.151. The molecule has 0 aliphatic heterocycles. The van der Waals surface area contributed by atoms with Gasteiger partial charge in [0, 0.05) is 16.1 Å². The van der Waals surface area contributed by atoms with Crippen LogP contribution >= 0.6 is 23.4 Å². The summed E-state index contributed by atoms with van der Waals surface area (Å²) in [6.45, 7) is 1.23. The molecular formula is C20H18ClN3O3S. The second kappa shape index (κ2) is 8.63. The zero-order valence-corrected chi connectivity index (χ0v) is 16.7. The lowest BCUT2D eigenvalue weighted by atomic mass is 9.98. The molecule has 28 heavy (non-hydrogen) atoms. The molecule has 1 heterocycles. The lowest BCUT2D eigenvalue weighted by Crippen LogP contribution is -2.48. The minimum Gasteiger partial charge on any atom is -0.452 e. The number of aromatic nitrogens is 1. The molecule has 144 valence electrons. The van der Waals surface area contributed by atoms with Crippen LogP contribution in [0.25, 0.3) is 0 Å². The molecule has 1 aliphatic rings. The molecule has 1 N–H and O–H groups in total.